The van der Waals surface area contributed by atoms with Crippen LogP contribution in [-0.4, -0.2) is 58.7 Å². The van der Waals surface area contributed by atoms with Crippen LogP contribution in [0.25, 0.3) is 0 Å². The van der Waals surface area contributed by atoms with Crippen molar-refractivity contribution < 1.29 is 19.4 Å². The lowest BCUT2D eigenvalue weighted by molar-refractivity contribution is -0.139. The largest absolute Gasteiger partial charge is 0.481 e. The highest BCUT2D eigenvalue weighted by molar-refractivity contribution is 7.99. The Morgan fingerprint density at radius 2 is 2.00 bits per heavy atom. The van der Waals surface area contributed by atoms with Gasteiger partial charge < -0.3 is 14.7 Å². The number of amides is 1. The molecule has 2 heterocycles. The Hall–Kier alpha value is -0.750. The molecule has 0 spiro atoms. The molecule has 2 aliphatic heterocycles. The molecule has 0 aromatic carbocycles. The van der Waals surface area contributed by atoms with Crippen LogP contribution in [0.2, 0.25) is 0 Å². The number of carbonyl (C=O) groups excluding carboxylic acids is 1. The lowest BCUT2D eigenvalue weighted by atomic mass is 9.98. The number of carbonyl (C=O) groups is 2. The van der Waals surface area contributed by atoms with Gasteiger partial charge in [-0.15, -0.1) is 11.8 Å². The van der Waals surface area contributed by atoms with E-state index in [-0.39, 0.29) is 18.4 Å². The Morgan fingerprint density at radius 3 is 2.73 bits per heavy atom. The number of nitrogens with zero attached hydrogens (tertiary/aromatic N) is 1. The summed E-state index contributed by atoms with van der Waals surface area (Å²) in [6.45, 7) is 1.63. The van der Waals surface area contributed by atoms with E-state index in [9.17, 15) is 9.59 Å². The molecule has 2 aliphatic rings. The van der Waals surface area contributed by atoms with Crippen molar-refractivity contribution in [3.8, 4) is 0 Å². The van der Waals surface area contributed by atoms with Gasteiger partial charge in [0.2, 0.25) is 5.91 Å². The molecule has 2 atom stereocenters. The molecule has 0 radical (unpaired) electrons. The minimum atomic E-state index is -0.776. The van der Waals surface area contributed by atoms with Gasteiger partial charge in [0.1, 0.15) is 0 Å². The van der Waals surface area contributed by atoms with Crippen molar-refractivity contribution in [1.29, 1.82) is 0 Å². The SMILES string of the molecule is O=C(O)CCC1CCCCN1C(=O)CSCC1CCCCO1. The highest BCUT2D eigenvalue weighted by Gasteiger charge is 2.27. The monoisotopic (exact) mass is 329 g/mol. The van der Waals surface area contributed by atoms with Gasteiger partial charge in [0.15, 0.2) is 0 Å². The standard InChI is InChI=1S/C16H27NO4S/c18-15(12-22-11-14-6-2-4-10-21-14)17-9-3-1-5-13(17)7-8-16(19)20/h13-14H,1-12H2,(H,19,20). The zero-order valence-corrected chi connectivity index (χ0v) is 14.0. The maximum Gasteiger partial charge on any atom is 0.303 e. The van der Waals surface area contributed by atoms with Crippen LogP contribution in [0.3, 0.4) is 0 Å². The second-order valence-corrected chi connectivity index (χ2v) is 7.20. The van der Waals surface area contributed by atoms with E-state index < -0.39 is 5.97 Å². The summed E-state index contributed by atoms with van der Waals surface area (Å²) in [7, 11) is 0. The molecule has 0 bridgehead atoms. The van der Waals surface area contributed by atoms with E-state index in [4.69, 9.17) is 9.84 Å². The van der Waals surface area contributed by atoms with Crippen LogP contribution in [0, 0.1) is 0 Å². The highest BCUT2D eigenvalue weighted by atomic mass is 32.2. The molecular weight excluding hydrogens is 302 g/mol. The smallest absolute Gasteiger partial charge is 0.303 e. The second kappa shape index (κ2) is 9.40. The zero-order valence-electron chi connectivity index (χ0n) is 13.2. The van der Waals surface area contributed by atoms with Crippen LogP contribution in [0.15, 0.2) is 0 Å². The third-order valence-corrected chi connectivity index (χ3v) is 5.50. The lowest BCUT2D eigenvalue weighted by Gasteiger charge is -2.35. The molecule has 1 N–H and O–H groups in total. The number of likely N-dealkylation sites (tertiary alicyclic amines) is 1. The molecule has 22 heavy (non-hydrogen) atoms. The van der Waals surface area contributed by atoms with Gasteiger partial charge in [0.05, 0.1) is 11.9 Å². The van der Waals surface area contributed by atoms with Gasteiger partial charge in [-0.1, -0.05) is 0 Å². The van der Waals surface area contributed by atoms with E-state index in [2.05, 4.69) is 0 Å². The zero-order chi connectivity index (χ0) is 15.8. The van der Waals surface area contributed by atoms with Crippen LogP contribution >= 0.6 is 11.8 Å². The maximum atomic E-state index is 12.4. The van der Waals surface area contributed by atoms with E-state index in [1.165, 1.54) is 6.42 Å². The van der Waals surface area contributed by atoms with Gasteiger partial charge in [-0.2, -0.15) is 0 Å². The summed E-state index contributed by atoms with van der Waals surface area (Å²) in [6.07, 6.45) is 7.58. The molecular formula is C16H27NO4S. The second-order valence-electron chi connectivity index (χ2n) is 6.17. The van der Waals surface area contributed by atoms with E-state index in [0.717, 1.165) is 51.0 Å². The van der Waals surface area contributed by atoms with Crippen molar-refractivity contribution in [2.45, 2.75) is 63.5 Å². The van der Waals surface area contributed by atoms with E-state index >= 15 is 0 Å². The molecule has 5 nitrogen and oxygen atoms in total. The molecule has 0 aromatic heterocycles. The fourth-order valence-corrected chi connectivity index (χ4v) is 4.20. The van der Waals surface area contributed by atoms with Gasteiger partial charge in [0, 0.05) is 31.4 Å². The van der Waals surface area contributed by atoms with Crippen LogP contribution < -0.4 is 0 Å². The number of carboxylic acid groups (broad SMARTS) is 1. The Morgan fingerprint density at radius 1 is 1.18 bits per heavy atom. The summed E-state index contributed by atoms with van der Waals surface area (Å²) in [5, 5.41) is 8.83. The fourth-order valence-electron chi connectivity index (χ4n) is 3.22. The third-order valence-electron chi connectivity index (χ3n) is 4.44. The third kappa shape index (κ3) is 5.80. The summed E-state index contributed by atoms with van der Waals surface area (Å²) in [4.78, 5) is 25.1. The summed E-state index contributed by atoms with van der Waals surface area (Å²) < 4.78 is 5.68. The molecule has 0 aromatic rings. The number of carboxylic acids is 1. The maximum absolute atomic E-state index is 12.4. The number of piperidine rings is 1. The first-order valence-electron chi connectivity index (χ1n) is 8.37. The lowest BCUT2D eigenvalue weighted by Crippen LogP contribution is -2.45. The predicted molar refractivity (Wildman–Crippen MR) is 87.1 cm³/mol. The first kappa shape index (κ1) is 17.6. The van der Waals surface area contributed by atoms with Crippen LogP contribution in [0.1, 0.15) is 51.4 Å². The van der Waals surface area contributed by atoms with Crippen molar-refractivity contribution in [3.63, 3.8) is 0 Å². The van der Waals surface area contributed by atoms with Crippen molar-refractivity contribution in [3.05, 3.63) is 0 Å². The Balaban J connectivity index is 1.72. The molecule has 1 amide bonds. The van der Waals surface area contributed by atoms with Crippen LogP contribution in [-0.2, 0) is 14.3 Å². The Kier molecular flexibility index (Phi) is 7.52. The van der Waals surface area contributed by atoms with Gasteiger partial charge in [-0.3, -0.25) is 9.59 Å². The molecule has 0 saturated carbocycles. The first-order chi connectivity index (χ1) is 10.7. The topological polar surface area (TPSA) is 66.8 Å². The van der Waals surface area contributed by atoms with Crippen molar-refractivity contribution in [2.75, 3.05) is 24.7 Å². The highest BCUT2D eigenvalue weighted by Crippen LogP contribution is 2.23. The van der Waals surface area contributed by atoms with Gasteiger partial charge in [0.25, 0.3) is 0 Å². The van der Waals surface area contributed by atoms with E-state index in [1.807, 2.05) is 4.90 Å². The molecule has 2 rings (SSSR count). The minimum absolute atomic E-state index is 0.115. The van der Waals surface area contributed by atoms with Crippen LogP contribution in [0.4, 0.5) is 0 Å². The quantitative estimate of drug-likeness (QED) is 0.777. The number of hydrogen-bond acceptors (Lipinski definition) is 4. The average Bonchev–Trinajstić information content (AvgIpc) is 2.54. The molecule has 2 unspecified atom stereocenters. The summed E-state index contributed by atoms with van der Waals surface area (Å²) >= 11 is 1.66. The van der Waals surface area contributed by atoms with Crippen molar-refractivity contribution in [2.24, 2.45) is 0 Å². The molecule has 126 valence electrons. The average molecular weight is 329 g/mol. The normalized spacial score (nSPS) is 25.9. The van der Waals surface area contributed by atoms with Crippen molar-refractivity contribution >= 4 is 23.6 Å². The molecule has 6 heteroatoms. The summed E-state index contributed by atoms with van der Waals surface area (Å²) in [5.41, 5.74) is 0. The first-order valence-corrected chi connectivity index (χ1v) is 9.53. The minimum Gasteiger partial charge on any atom is -0.481 e. The van der Waals surface area contributed by atoms with E-state index in [1.54, 1.807) is 11.8 Å². The van der Waals surface area contributed by atoms with Gasteiger partial charge in [-0.05, 0) is 44.9 Å². The number of aliphatic carboxylic acids is 1. The number of ether oxygens (including phenoxy) is 1. The van der Waals surface area contributed by atoms with Crippen LogP contribution in [0.5, 0.6) is 0 Å². The molecule has 2 fully saturated rings. The predicted octanol–water partition coefficient (Wildman–Crippen LogP) is 2.53. The summed E-state index contributed by atoms with van der Waals surface area (Å²) in [5.74, 6) is 0.765. The number of hydrogen-bond donors (Lipinski definition) is 1. The number of thioether (sulfide) groups is 1. The Labute approximate surface area is 136 Å². The van der Waals surface area contributed by atoms with Gasteiger partial charge >= 0.3 is 5.97 Å². The van der Waals surface area contributed by atoms with E-state index in [0.29, 0.717) is 18.3 Å². The molecule has 2 saturated heterocycles. The molecule has 0 aliphatic carbocycles. The Bertz CT molecular complexity index is 371. The fraction of sp³-hybridized carbons (Fsp3) is 0.875. The summed E-state index contributed by atoms with van der Waals surface area (Å²) in [6, 6.07) is 0.115. The van der Waals surface area contributed by atoms with Gasteiger partial charge in [-0.25, -0.2) is 0 Å². The number of rotatable bonds is 7. The van der Waals surface area contributed by atoms with Crippen molar-refractivity contribution in [1.82, 2.24) is 4.90 Å².